The Bertz CT molecular complexity index is 778. The van der Waals surface area contributed by atoms with E-state index in [9.17, 15) is 9.90 Å². The third kappa shape index (κ3) is 2.32. The Morgan fingerprint density at radius 1 is 1.15 bits per heavy atom. The molecule has 0 aliphatic heterocycles. The molecular formula is C15H11BrN2O2. The smallest absolute Gasteiger partial charge is 0.357 e. The van der Waals surface area contributed by atoms with E-state index >= 15 is 0 Å². The number of halogens is 1. The van der Waals surface area contributed by atoms with Gasteiger partial charge in [-0.3, -0.25) is 4.68 Å². The first-order valence-electron chi connectivity index (χ1n) is 6.08. The molecule has 0 aliphatic carbocycles. The van der Waals surface area contributed by atoms with Crippen molar-refractivity contribution < 1.29 is 9.90 Å². The molecule has 2 aromatic carbocycles. The SMILES string of the molecule is O=C(O)c1nn(Cc2ccc(Br)cc2)c2ccccc12. The summed E-state index contributed by atoms with van der Waals surface area (Å²) < 4.78 is 2.74. The number of fused-ring (bicyclic) bond motifs is 1. The van der Waals surface area contributed by atoms with Crippen LogP contribution in [0.1, 0.15) is 16.1 Å². The first-order chi connectivity index (χ1) is 9.65. The van der Waals surface area contributed by atoms with E-state index in [0.29, 0.717) is 11.9 Å². The van der Waals surface area contributed by atoms with Gasteiger partial charge in [0, 0.05) is 9.86 Å². The first-order valence-corrected chi connectivity index (χ1v) is 6.88. The summed E-state index contributed by atoms with van der Waals surface area (Å²) >= 11 is 3.39. The van der Waals surface area contributed by atoms with Gasteiger partial charge in [0.05, 0.1) is 12.1 Å². The van der Waals surface area contributed by atoms with Crippen LogP contribution in [0.25, 0.3) is 10.9 Å². The second-order valence-corrected chi connectivity index (χ2v) is 5.37. The molecule has 1 N–H and O–H groups in total. The fourth-order valence-corrected chi connectivity index (χ4v) is 2.43. The standard InChI is InChI=1S/C15H11BrN2O2/c16-11-7-5-10(6-8-11)9-18-13-4-2-1-3-12(13)14(17-18)15(19)20/h1-8H,9H2,(H,19,20). The van der Waals surface area contributed by atoms with Crippen LogP contribution in [0.4, 0.5) is 0 Å². The number of benzene rings is 2. The molecule has 4 nitrogen and oxygen atoms in total. The average molecular weight is 331 g/mol. The maximum Gasteiger partial charge on any atom is 0.357 e. The van der Waals surface area contributed by atoms with E-state index in [2.05, 4.69) is 21.0 Å². The molecule has 1 heterocycles. The minimum atomic E-state index is -1.00. The van der Waals surface area contributed by atoms with E-state index in [-0.39, 0.29) is 5.69 Å². The highest BCUT2D eigenvalue weighted by Crippen LogP contribution is 2.20. The summed E-state index contributed by atoms with van der Waals surface area (Å²) in [7, 11) is 0. The van der Waals surface area contributed by atoms with Gasteiger partial charge in [0.2, 0.25) is 0 Å². The van der Waals surface area contributed by atoms with Gasteiger partial charge in [-0.05, 0) is 23.8 Å². The van der Waals surface area contributed by atoms with Crippen molar-refractivity contribution in [3.63, 3.8) is 0 Å². The van der Waals surface area contributed by atoms with Gasteiger partial charge in [-0.15, -0.1) is 0 Å². The highest BCUT2D eigenvalue weighted by molar-refractivity contribution is 9.10. The Morgan fingerprint density at radius 2 is 1.85 bits per heavy atom. The lowest BCUT2D eigenvalue weighted by Crippen LogP contribution is -2.04. The third-order valence-electron chi connectivity index (χ3n) is 3.11. The number of carboxylic acids is 1. The lowest BCUT2D eigenvalue weighted by Gasteiger charge is -2.03. The van der Waals surface area contributed by atoms with Crippen LogP contribution in [-0.2, 0) is 6.54 Å². The van der Waals surface area contributed by atoms with Gasteiger partial charge in [-0.1, -0.05) is 46.3 Å². The molecule has 20 heavy (non-hydrogen) atoms. The Labute approximate surface area is 123 Å². The molecule has 3 rings (SSSR count). The van der Waals surface area contributed by atoms with Crippen molar-refractivity contribution in [2.75, 3.05) is 0 Å². The number of rotatable bonds is 3. The lowest BCUT2D eigenvalue weighted by atomic mass is 10.2. The van der Waals surface area contributed by atoms with Crippen molar-refractivity contribution in [2.45, 2.75) is 6.54 Å². The van der Waals surface area contributed by atoms with Gasteiger partial charge >= 0.3 is 5.97 Å². The van der Waals surface area contributed by atoms with Crippen LogP contribution in [0.15, 0.2) is 53.0 Å². The molecule has 0 amide bonds. The van der Waals surface area contributed by atoms with E-state index in [1.807, 2.05) is 42.5 Å². The Morgan fingerprint density at radius 3 is 2.55 bits per heavy atom. The number of aromatic carboxylic acids is 1. The lowest BCUT2D eigenvalue weighted by molar-refractivity contribution is 0.0691. The number of carbonyl (C=O) groups is 1. The third-order valence-corrected chi connectivity index (χ3v) is 3.63. The Kier molecular flexibility index (Phi) is 3.28. The minimum absolute atomic E-state index is 0.0951. The van der Waals surface area contributed by atoms with Crippen LogP contribution in [-0.4, -0.2) is 20.9 Å². The van der Waals surface area contributed by atoms with Gasteiger partial charge in [0.25, 0.3) is 0 Å². The number of hydrogen-bond acceptors (Lipinski definition) is 2. The zero-order chi connectivity index (χ0) is 14.1. The van der Waals surface area contributed by atoms with Crippen LogP contribution < -0.4 is 0 Å². The van der Waals surface area contributed by atoms with Crippen molar-refractivity contribution in [1.82, 2.24) is 9.78 Å². The molecule has 1 aromatic heterocycles. The van der Waals surface area contributed by atoms with E-state index in [1.54, 1.807) is 10.7 Å². The first kappa shape index (κ1) is 12.9. The van der Waals surface area contributed by atoms with E-state index in [4.69, 9.17) is 0 Å². The fourth-order valence-electron chi connectivity index (χ4n) is 2.17. The largest absolute Gasteiger partial charge is 0.476 e. The number of aromatic nitrogens is 2. The van der Waals surface area contributed by atoms with Crippen molar-refractivity contribution in [3.05, 3.63) is 64.3 Å². The second kappa shape index (κ2) is 5.09. The molecule has 0 unspecified atom stereocenters. The summed E-state index contributed by atoms with van der Waals surface area (Å²) in [6.07, 6.45) is 0. The summed E-state index contributed by atoms with van der Waals surface area (Å²) in [5.74, 6) is -1.00. The quantitative estimate of drug-likeness (QED) is 0.799. The molecule has 0 bridgehead atoms. The number of hydrogen-bond donors (Lipinski definition) is 1. The number of para-hydroxylation sites is 1. The van der Waals surface area contributed by atoms with Gasteiger partial charge in [-0.25, -0.2) is 4.79 Å². The molecular weight excluding hydrogens is 320 g/mol. The zero-order valence-corrected chi connectivity index (χ0v) is 12.0. The maximum absolute atomic E-state index is 11.2. The topological polar surface area (TPSA) is 55.1 Å². The van der Waals surface area contributed by atoms with Crippen molar-refractivity contribution in [2.24, 2.45) is 0 Å². The molecule has 3 aromatic rings. The molecule has 0 spiro atoms. The second-order valence-electron chi connectivity index (χ2n) is 4.46. The molecule has 0 atom stereocenters. The van der Waals surface area contributed by atoms with Crippen LogP contribution >= 0.6 is 15.9 Å². The maximum atomic E-state index is 11.2. The van der Waals surface area contributed by atoms with Crippen molar-refractivity contribution >= 4 is 32.8 Å². The molecule has 0 radical (unpaired) electrons. The van der Waals surface area contributed by atoms with Gasteiger partial charge < -0.3 is 5.11 Å². The summed E-state index contributed by atoms with van der Waals surface area (Å²) in [5, 5.41) is 14.1. The highest BCUT2D eigenvalue weighted by atomic mass is 79.9. The Balaban J connectivity index is 2.07. The average Bonchev–Trinajstić information content (AvgIpc) is 2.81. The van der Waals surface area contributed by atoms with E-state index < -0.39 is 5.97 Å². The molecule has 0 aliphatic rings. The van der Waals surface area contributed by atoms with Gasteiger partial charge in [0.1, 0.15) is 0 Å². The van der Waals surface area contributed by atoms with Crippen molar-refractivity contribution in [3.8, 4) is 0 Å². The molecule has 0 fully saturated rings. The minimum Gasteiger partial charge on any atom is -0.476 e. The highest BCUT2D eigenvalue weighted by Gasteiger charge is 2.15. The van der Waals surface area contributed by atoms with Gasteiger partial charge in [0.15, 0.2) is 5.69 Å². The van der Waals surface area contributed by atoms with Gasteiger partial charge in [-0.2, -0.15) is 5.10 Å². The number of nitrogens with zero attached hydrogens (tertiary/aromatic N) is 2. The van der Waals surface area contributed by atoms with E-state index in [1.165, 1.54) is 0 Å². The summed E-state index contributed by atoms with van der Waals surface area (Å²) in [6.45, 7) is 0.543. The molecule has 5 heteroatoms. The zero-order valence-electron chi connectivity index (χ0n) is 10.5. The normalized spacial score (nSPS) is 10.8. The monoisotopic (exact) mass is 330 g/mol. The molecule has 100 valence electrons. The predicted molar refractivity (Wildman–Crippen MR) is 79.9 cm³/mol. The fraction of sp³-hybridized carbons (Fsp3) is 0.0667. The summed E-state index contributed by atoms with van der Waals surface area (Å²) in [5.41, 5.74) is 1.99. The molecule has 0 saturated carbocycles. The van der Waals surface area contributed by atoms with Crippen LogP contribution in [0.5, 0.6) is 0 Å². The van der Waals surface area contributed by atoms with Crippen LogP contribution in [0.3, 0.4) is 0 Å². The number of carboxylic acid groups (broad SMARTS) is 1. The van der Waals surface area contributed by atoms with Crippen LogP contribution in [0.2, 0.25) is 0 Å². The van der Waals surface area contributed by atoms with Crippen molar-refractivity contribution in [1.29, 1.82) is 0 Å². The summed E-state index contributed by atoms with van der Waals surface area (Å²) in [4.78, 5) is 11.2. The Hall–Kier alpha value is -2.14. The van der Waals surface area contributed by atoms with E-state index in [0.717, 1.165) is 15.6 Å². The molecule has 0 saturated heterocycles. The van der Waals surface area contributed by atoms with Crippen LogP contribution in [0, 0.1) is 0 Å². The summed E-state index contributed by atoms with van der Waals surface area (Å²) in [6, 6.07) is 15.3. The predicted octanol–water partition coefficient (Wildman–Crippen LogP) is 3.55.